The predicted molar refractivity (Wildman–Crippen MR) is 148 cm³/mol. The lowest BCUT2D eigenvalue weighted by Gasteiger charge is -2.33. The molecule has 3 heterocycles. The van der Waals surface area contributed by atoms with E-state index in [1.807, 2.05) is 61.7 Å². The summed E-state index contributed by atoms with van der Waals surface area (Å²) < 4.78 is 18.3. The number of aryl methyl sites for hydroxylation is 1. The highest BCUT2D eigenvalue weighted by atomic mass is 16.5. The van der Waals surface area contributed by atoms with E-state index in [0.717, 1.165) is 57.4 Å². The van der Waals surface area contributed by atoms with Crippen molar-refractivity contribution in [3.8, 4) is 22.8 Å². The average Bonchev–Trinajstić information content (AvgIpc) is 2.94. The van der Waals surface area contributed by atoms with Crippen LogP contribution >= 0.6 is 0 Å². The average molecular weight is 525 g/mol. The summed E-state index contributed by atoms with van der Waals surface area (Å²) in [7, 11) is 0. The van der Waals surface area contributed by atoms with Crippen molar-refractivity contribution in [2.75, 3.05) is 13.2 Å². The largest absolute Gasteiger partial charge is 0.489 e. The number of aliphatic carboxylic acids is 1. The highest BCUT2D eigenvalue weighted by molar-refractivity contribution is 6.01. The van der Waals surface area contributed by atoms with E-state index in [1.54, 1.807) is 0 Å². The monoisotopic (exact) mass is 524 g/mol. The van der Waals surface area contributed by atoms with Gasteiger partial charge in [0.05, 0.1) is 11.6 Å². The molecular weight excluding hydrogens is 492 g/mol. The molecule has 0 amide bonds. The first-order valence-electron chi connectivity index (χ1n) is 13.6. The SMILES string of the molecule is Cc1cc(-c2c(C3CCOCC3)nc(O[C@H]3C[C@H](C(=O)O)C3)c3cc(OCc4ccccc4)ccc23)ccn1. The Balaban J connectivity index is 1.45. The first-order valence-corrected chi connectivity index (χ1v) is 13.6. The van der Waals surface area contributed by atoms with E-state index in [9.17, 15) is 9.90 Å². The quantitative estimate of drug-likeness (QED) is 0.288. The molecule has 7 heteroatoms. The Hall–Kier alpha value is -3.97. The van der Waals surface area contributed by atoms with E-state index in [-0.39, 0.29) is 17.9 Å². The van der Waals surface area contributed by atoms with Crippen LogP contribution in [-0.4, -0.2) is 40.4 Å². The Morgan fingerprint density at radius 3 is 2.56 bits per heavy atom. The van der Waals surface area contributed by atoms with Gasteiger partial charge in [0, 0.05) is 42.0 Å². The lowest BCUT2D eigenvalue weighted by Crippen LogP contribution is -2.38. The minimum atomic E-state index is -0.768. The number of carboxylic acid groups (broad SMARTS) is 1. The van der Waals surface area contributed by atoms with Crippen molar-refractivity contribution in [2.45, 2.75) is 51.2 Å². The number of rotatable bonds is 8. The smallest absolute Gasteiger partial charge is 0.306 e. The van der Waals surface area contributed by atoms with Gasteiger partial charge in [-0.3, -0.25) is 9.78 Å². The van der Waals surface area contributed by atoms with Gasteiger partial charge < -0.3 is 19.3 Å². The summed E-state index contributed by atoms with van der Waals surface area (Å²) >= 11 is 0. The number of pyridine rings is 2. The van der Waals surface area contributed by atoms with Crippen LogP contribution in [0.15, 0.2) is 66.9 Å². The third-order valence-corrected chi connectivity index (χ3v) is 7.73. The van der Waals surface area contributed by atoms with Crippen LogP contribution in [0, 0.1) is 12.8 Å². The molecule has 0 bridgehead atoms. The second-order valence-electron chi connectivity index (χ2n) is 10.5. The Morgan fingerprint density at radius 2 is 1.82 bits per heavy atom. The first-order chi connectivity index (χ1) is 19.0. The minimum absolute atomic E-state index is 0.174. The Bertz CT molecular complexity index is 1480. The van der Waals surface area contributed by atoms with Crippen LogP contribution in [0.5, 0.6) is 11.6 Å². The van der Waals surface area contributed by atoms with Gasteiger partial charge in [0.15, 0.2) is 0 Å². The lowest BCUT2D eigenvalue weighted by molar-refractivity contribution is -0.148. The fourth-order valence-electron chi connectivity index (χ4n) is 5.49. The second kappa shape index (κ2) is 11.0. The van der Waals surface area contributed by atoms with Crippen LogP contribution in [0.2, 0.25) is 0 Å². The zero-order valence-corrected chi connectivity index (χ0v) is 22.0. The zero-order valence-electron chi connectivity index (χ0n) is 22.0. The number of fused-ring (bicyclic) bond motifs is 1. The minimum Gasteiger partial charge on any atom is -0.489 e. The van der Waals surface area contributed by atoms with Crippen molar-refractivity contribution in [3.05, 3.63) is 83.8 Å². The van der Waals surface area contributed by atoms with Gasteiger partial charge in [-0.05, 0) is 79.5 Å². The van der Waals surface area contributed by atoms with Crippen molar-refractivity contribution in [2.24, 2.45) is 5.92 Å². The van der Waals surface area contributed by atoms with Crippen molar-refractivity contribution in [1.29, 1.82) is 0 Å². The van der Waals surface area contributed by atoms with Gasteiger partial charge in [-0.25, -0.2) is 4.98 Å². The van der Waals surface area contributed by atoms with E-state index in [1.165, 1.54) is 0 Å². The van der Waals surface area contributed by atoms with Crippen molar-refractivity contribution in [3.63, 3.8) is 0 Å². The molecule has 1 saturated heterocycles. The van der Waals surface area contributed by atoms with E-state index >= 15 is 0 Å². The summed E-state index contributed by atoms with van der Waals surface area (Å²) in [5, 5.41) is 11.3. The van der Waals surface area contributed by atoms with E-state index < -0.39 is 5.97 Å². The normalized spacial score (nSPS) is 19.4. The van der Waals surface area contributed by atoms with Crippen molar-refractivity contribution < 1.29 is 24.1 Å². The Morgan fingerprint density at radius 1 is 1.03 bits per heavy atom. The maximum atomic E-state index is 11.4. The van der Waals surface area contributed by atoms with Gasteiger partial charge in [0.25, 0.3) is 0 Å². The lowest BCUT2D eigenvalue weighted by atomic mass is 9.82. The molecule has 2 aromatic heterocycles. The standard InChI is InChI=1S/C32H32N2O5/c1-20-15-23(9-12-33-20)29-27-8-7-25(38-19-21-5-3-2-4-6-21)18-28(27)31(39-26-16-24(17-26)32(35)36)34-30(29)22-10-13-37-14-11-22/h2-9,12,15,18,22,24,26H,10-11,13-14,16-17,19H2,1H3,(H,35,36)/t24-,26-. The maximum absolute atomic E-state index is 11.4. The zero-order chi connectivity index (χ0) is 26.8. The molecule has 1 aliphatic heterocycles. The molecule has 4 aromatic rings. The van der Waals surface area contributed by atoms with Gasteiger partial charge in [0.2, 0.25) is 5.88 Å². The fourth-order valence-corrected chi connectivity index (χ4v) is 5.49. The topological polar surface area (TPSA) is 90.8 Å². The molecule has 0 radical (unpaired) electrons. The number of carbonyl (C=O) groups is 1. The fraction of sp³-hybridized carbons (Fsp3) is 0.344. The van der Waals surface area contributed by atoms with Crippen LogP contribution in [0.1, 0.15) is 48.6 Å². The number of benzene rings is 2. The molecule has 0 spiro atoms. The number of hydrogen-bond donors (Lipinski definition) is 1. The second-order valence-corrected chi connectivity index (χ2v) is 10.5. The van der Waals surface area contributed by atoms with Gasteiger partial charge >= 0.3 is 5.97 Å². The number of carboxylic acids is 1. The van der Waals surface area contributed by atoms with Gasteiger partial charge in [-0.15, -0.1) is 0 Å². The molecule has 200 valence electrons. The molecule has 1 saturated carbocycles. The van der Waals surface area contributed by atoms with Gasteiger partial charge in [0.1, 0.15) is 18.5 Å². The van der Waals surface area contributed by atoms with Crippen molar-refractivity contribution >= 4 is 16.7 Å². The number of aromatic nitrogens is 2. The van der Waals surface area contributed by atoms with Gasteiger partial charge in [-0.1, -0.05) is 30.3 Å². The molecule has 39 heavy (non-hydrogen) atoms. The van der Waals surface area contributed by atoms with E-state index in [0.29, 0.717) is 38.5 Å². The number of hydrogen-bond acceptors (Lipinski definition) is 6. The molecule has 7 nitrogen and oxygen atoms in total. The molecule has 2 aliphatic rings. The molecule has 1 aliphatic carbocycles. The summed E-state index contributed by atoms with van der Waals surface area (Å²) in [5.41, 5.74) is 5.18. The molecule has 2 aromatic carbocycles. The third kappa shape index (κ3) is 5.45. The molecule has 0 atom stereocenters. The van der Waals surface area contributed by atoms with Crippen LogP contribution < -0.4 is 9.47 Å². The van der Waals surface area contributed by atoms with Crippen LogP contribution in [0.3, 0.4) is 0 Å². The highest BCUT2D eigenvalue weighted by Gasteiger charge is 2.37. The first kappa shape index (κ1) is 25.3. The van der Waals surface area contributed by atoms with Gasteiger partial charge in [-0.2, -0.15) is 0 Å². The Labute approximate surface area is 227 Å². The maximum Gasteiger partial charge on any atom is 0.306 e. The summed E-state index contributed by atoms with van der Waals surface area (Å²) in [4.78, 5) is 21.0. The van der Waals surface area contributed by atoms with E-state index in [2.05, 4.69) is 17.1 Å². The number of ether oxygens (including phenoxy) is 3. The van der Waals surface area contributed by atoms with Crippen LogP contribution in [0.4, 0.5) is 0 Å². The van der Waals surface area contributed by atoms with Crippen LogP contribution in [0.25, 0.3) is 21.9 Å². The highest BCUT2D eigenvalue weighted by Crippen LogP contribution is 2.44. The third-order valence-electron chi connectivity index (χ3n) is 7.73. The molecule has 0 unspecified atom stereocenters. The Kier molecular flexibility index (Phi) is 7.16. The van der Waals surface area contributed by atoms with Crippen molar-refractivity contribution in [1.82, 2.24) is 9.97 Å². The summed E-state index contributed by atoms with van der Waals surface area (Å²) in [5.74, 6) is 0.373. The summed E-state index contributed by atoms with van der Waals surface area (Å²) in [6.07, 6.45) is 4.41. The van der Waals surface area contributed by atoms with Crippen LogP contribution in [-0.2, 0) is 16.1 Å². The summed E-state index contributed by atoms with van der Waals surface area (Å²) in [6, 6.07) is 20.3. The number of nitrogens with zero attached hydrogens (tertiary/aromatic N) is 2. The van der Waals surface area contributed by atoms with E-state index in [4.69, 9.17) is 19.2 Å². The molecule has 2 fully saturated rings. The molecule has 6 rings (SSSR count). The molecular formula is C32H32N2O5. The predicted octanol–water partition coefficient (Wildman–Crippen LogP) is 6.32. The summed E-state index contributed by atoms with van der Waals surface area (Å²) in [6.45, 7) is 3.85. The molecule has 1 N–H and O–H groups in total.